The normalized spacial score (nSPS) is 13.2. The number of rotatable bonds is 7. The van der Waals surface area contributed by atoms with Crippen LogP contribution in [0, 0.1) is 4.91 Å². The van der Waals surface area contributed by atoms with Gasteiger partial charge in [0.25, 0.3) is 17.5 Å². The summed E-state index contributed by atoms with van der Waals surface area (Å²) in [5, 5.41) is 1.84. The third-order valence-corrected chi connectivity index (χ3v) is 5.03. The molecule has 2 amide bonds. The zero-order valence-corrected chi connectivity index (χ0v) is 14.3. The molecule has 0 unspecified atom stereocenters. The molecule has 3 N–H and O–H groups in total. The van der Waals surface area contributed by atoms with E-state index in [1.807, 2.05) is 11.2 Å². The molecule has 3 rings (SSSR count). The summed E-state index contributed by atoms with van der Waals surface area (Å²) in [6, 6.07) is 12.0. The number of imide groups is 1. The number of thioether (sulfide) groups is 1. The van der Waals surface area contributed by atoms with Crippen molar-refractivity contribution in [2.45, 2.75) is 17.7 Å². The maximum Gasteiger partial charge on any atom is 0.261 e. The van der Waals surface area contributed by atoms with Gasteiger partial charge in [-0.3, -0.25) is 14.5 Å². The molecule has 1 aliphatic rings. The van der Waals surface area contributed by atoms with Crippen LogP contribution in [-0.2, 0) is 0 Å². The van der Waals surface area contributed by atoms with Gasteiger partial charge in [0, 0.05) is 39.3 Å². The Hall–Kier alpha value is -2.67. The van der Waals surface area contributed by atoms with Crippen LogP contribution >= 0.6 is 11.8 Å². The molecular weight excluding hydrogens is 338 g/mol. The van der Waals surface area contributed by atoms with Crippen LogP contribution < -0.4 is 10.9 Å². The predicted molar refractivity (Wildman–Crippen MR) is 96.6 cm³/mol. The van der Waals surface area contributed by atoms with E-state index in [1.165, 1.54) is 4.90 Å². The van der Waals surface area contributed by atoms with E-state index in [-0.39, 0.29) is 11.8 Å². The fourth-order valence-corrected chi connectivity index (χ4v) is 3.78. The van der Waals surface area contributed by atoms with Crippen molar-refractivity contribution in [2.24, 2.45) is 0 Å². The first-order valence-corrected chi connectivity index (χ1v) is 8.95. The van der Waals surface area contributed by atoms with Crippen LogP contribution in [0.15, 0.2) is 47.4 Å². The van der Waals surface area contributed by atoms with Gasteiger partial charge in [-0.2, -0.15) is 0 Å². The molecule has 2 aromatic carbocycles. The average Bonchev–Trinajstić information content (AvgIpc) is 2.86. The summed E-state index contributed by atoms with van der Waals surface area (Å²) in [4.78, 5) is 37.5. The number of amides is 2. The molecule has 0 saturated heterocycles. The molecule has 0 fully saturated rings. The van der Waals surface area contributed by atoms with Crippen molar-refractivity contribution in [3.63, 3.8) is 0 Å². The second kappa shape index (κ2) is 7.48. The Morgan fingerprint density at radius 2 is 1.68 bits per heavy atom. The van der Waals surface area contributed by atoms with Crippen molar-refractivity contribution >= 4 is 35.0 Å². The fourth-order valence-electron chi connectivity index (χ4n) is 2.77. The summed E-state index contributed by atoms with van der Waals surface area (Å²) in [6.07, 6.45) is 1.57. The molecule has 128 valence electrons. The van der Waals surface area contributed by atoms with Crippen molar-refractivity contribution in [2.75, 3.05) is 18.0 Å². The number of nitrogen functional groups attached to an aromatic ring is 1. The number of nitroso groups, excluding NO2 is 1. The van der Waals surface area contributed by atoms with Crippen LogP contribution in [0.3, 0.4) is 0 Å². The first kappa shape index (κ1) is 17.2. The number of benzene rings is 2. The number of fused-ring (bicyclic) bond motifs is 1. The smallest absolute Gasteiger partial charge is 0.261 e. The Balaban J connectivity index is 1.48. The van der Waals surface area contributed by atoms with Gasteiger partial charge in [0.2, 0.25) is 0 Å². The zero-order valence-electron chi connectivity index (χ0n) is 13.5. The number of nitrogens with two attached hydrogens (primary N) is 1. The average molecular weight is 356 g/mol. The number of hydrogen-bond acceptors (Lipinski definition) is 5. The lowest BCUT2D eigenvalue weighted by atomic mass is 10.1. The molecule has 0 saturated carbocycles. The van der Waals surface area contributed by atoms with E-state index in [4.69, 9.17) is 5.73 Å². The quantitative estimate of drug-likeness (QED) is 0.342. The summed E-state index contributed by atoms with van der Waals surface area (Å²) in [7, 11) is 0. The number of nitrogens with zero attached hydrogens (tertiary/aromatic N) is 1. The van der Waals surface area contributed by atoms with E-state index in [0.29, 0.717) is 29.0 Å². The van der Waals surface area contributed by atoms with Gasteiger partial charge in [-0.25, -0.2) is 0 Å². The van der Waals surface area contributed by atoms with E-state index >= 15 is 0 Å². The van der Waals surface area contributed by atoms with Gasteiger partial charge >= 0.3 is 0 Å². The van der Waals surface area contributed by atoms with E-state index < -0.39 is 0 Å². The summed E-state index contributed by atoms with van der Waals surface area (Å²) >= 11 is 1.59. The number of unbranched alkanes of at least 4 members (excludes halogenated alkanes) is 1. The highest BCUT2D eigenvalue weighted by Crippen LogP contribution is 2.25. The zero-order chi connectivity index (χ0) is 17.8. The lowest BCUT2D eigenvalue weighted by Gasteiger charge is -2.13. The topological polar surface area (TPSA) is 94.4 Å². The highest BCUT2D eigenvalue weighted by Gasteiger charge is 2.34. The second-order valence-corrected chi connectivity index (χ2v) is 6.92. The number of hydrogen-bond donors (Lipinski definition) is 2. The number of anilines is 1. The fraction of sp³-hybridized carbons (Fsp3) is 0.222. The van der Waals surface area contributed by atoms with Gasteiger partial charge in [0.1, 0.15) is 0 Å². The molecule has 25 heavy (non-hydrogen) atoms. The van der Waals surface area contributed by atoms with Crippen LogP contribution in [0.1, 0.15) is 33.6 Å². The van der Waals surface area contributed by atoms with Crippen molar-refractivity contribution in [1.29, 1.82) is 0 Å². The minimum absolute atomic E-state index is 0.213. The molecule has 6 nitrogen and oxygen atoms in total. The van der Waals surface area contributed by atoms with Gasteiger partial charge in [0.05, 0.1) is 11.1 Å². The third-order valence-electron chi connectivity index (χ3n) is 3.97. The summed E-state index contributed by atoms with van der Waals surface area (Å²) in [5.41, 5.74) is 7.69. The van der Waals surface area contributed by atoms with Crippen molar-refractivity contribution in [3.8, 4) is 0 Å². The molecule has 0 radical (unpaired) electrons. The maximum atomic E-state index is 12.2. The minimum atomic E-state index is -0.213. The van der Waals surface area contributed by atoms with Crippen LogP contribution in [0.25, 0.3) is 0 Å². The molecule has 2 aromatic rings. The highest BCUT2D eigenvalue weighted by atomic mass is 32.2. The van der Waals surface area contributed by atoms with Crippen LogP contribution in [-0.4, -0.2) is 29.0 Å². The molecular formula is C18H18N3O3S+. The SMILES string of the molecule is Nc1cc([NH+]=O)cc(SCCCCN2C(=O)c3ccccc3C2=O)c1. The Kier molecular flexibility index (Phi) is 5.14. The predicted octanol–water partition coefficient (Wildman–Crippen LogP) is 1.92. The number of carbonyl (C=O) groups is 2. The molecule has 0 atom stereocenters. The highest BCUT2D eigenvalue weighted by molar-refractivity contribution is 7.99. The summed E-state index contributed by atoms with van der Waals surface area (Å²) < 4.78 is 0. The molecule has 0 bridgehead atoms. The second-order valence-electron chi connectivity index (χ2n) is 5.76. The van der Waals surface area contributed by atoms with E-state index in [1.54, 1.807) is 48.2 Å². The number of carbonyl (C=O) groups excluding carboxylic acids is 2. The minimum Gasteiger partial charge on any atom is -0.398 e. The Bertz CT molecular complexity index is 803. The van der Waals surface area contributed by atoms with Crippen LogP contribution in [0.5, 0.6) is 0 Å². The van der Waals surface area contributed by atoms with E-state index in [9.17, 15) is 14.5 Å². The Labute approximate surface area is 149 Å². The largest absolute Gasteiger partial charge is 0.398 e. The monoisotopic (exact) mass is 356 g/mol. The van der Waals surface area contributed by atoms with Crippen molar-refractivity contribution in [3.05, 3.63) is 58.5 Å². The maximum absolute atomic E-state index is 12.2. The first-order chi connectivity index (χ1) is 12.1. The van der Waals surface area contributed by atoms with Gasteiger partial charge < -0.3 is 5.73 Å². The summed E-state index contributed by atoms with van der Waals surface area (Å²) in [6.45, 7) is 0.414. The van der Waals surface area contributed by atoms with Crippen molar-refractivity contribution < 1.29 is 14.8 Å². The van der Waals surface area contributed by atoms with E-state index in [2.05, 4.69) is 0 Å². The van der Waals surface area contributed by atoms with Crippen molar-refractivity contribution in [1.82, 2.24) is 4.90 Å². The van der Waals surface area contributed by atoms with Gasteiger partial charge in [-0.1, -0.05) is 12.1 Å². The number of nitrogens with one attached hydrogen (secondary N) is 1. The molecule has 0 spiro atoms. The lowest BCUT2D eigenvalue weighted by molar-refractivity contribution is -0.379. The van der Waals surface area contributed by atoms with E-state index in [0.717, 1.165) is 23.5 Å². The first-order valence-electron chi connectivity index (χ1n) is 7.97. The summed E-state index contributed by atoms with van der Waals surface area (Å²) in [5.74, 6) is 0.385. The Morgan fingerprint density at radius 3 is 2.32 bits per heavy atom. The van der Waals surface area contributed by atoms with Gasteiger partial charge in [0.15, 0.2) is 0 Å². The molecule has 7 heteroatoms. The lowest BCUT2D eigenvalue weighted by Crippen LogP contribution is -2.55. The van der Waals surface area contributed by atoms with Gasteiger partial charge in [-0.05, 0) is 36.8 Å². The van der Waals surface area contributed by atoms with Gasteiger partial charge in [-0.15, -0.1) is 11.8 Å². The Morgan fingerprint density at radius 1 is 1.00 bits per heavy atom. The standard InChI is InChI=1S/C18H17N3O3S/c19-12-9-13(20-24)11-14(10-12)25-8-4-3-7-21-17(22)15-5-1-2-6-16(15)18(21)23/h1-2,5-6,9-11H,3-4,7-8,19H2/p+1. The van der Waals surface area contributed by atoms with Crippen LogP contribution in [0.4, 0.5) is 11.4 Å². The van der Waals surface area contributed by atoms with Crippen LogP contribution in [0.2, 0.25) is 0 Å². The molecule has 0 aliphatic carbocycles. The molecule has 0 aromatic heterocycles. The molecule has 1 heterocycles. The molecule has 1 aliphatic heterocycles. The third kappa shape index (κ3) is 3.71.